The summed E-state index contributed by atoms with van der Waals surface area (Å²) in [5.74, 6) is -0.352. The molecule has 0 bridgehead atoms. The van der Waals surface area contributed by atoms with E-state index >= 15 is 0 Å². The van der Waals surface area contributed by atoms with Crippen LogP contribution in [0.3, 0.4) is 0 Å². The van der Waals surface area contributed by atoms with Crippen LogP contribution < -0.4 is 10.1 Å². The first kappa shape index (κ1) is 23.1. The smallest absolute Gasteiger partial charge is 0.322 e. The number of fused-ring (bicyclic) bond motifs is 1. The molecule has 0 unspecified atom stereocenters. The standard InChI is InChI=1S/C27H19ClN4O4/c28-19-10-6-17(7-11-19)22-14-24(18-8-12-21(13-9-18)36-20-4-2-1-3-5-20)32-25(30-22)15-23(31-32)27(35)29-16-26(33)34/h1-15H,16H2,(H,29,35)(H,33,34). The molecule has 178 valence electrons. The molecule has 2 heterocycles. The third kappa shape index (κ3) is 5.03. The average Bonchev–Trinajstić information content (AvgIpc) is 3.33. The van der Waals surface area contributed by atoms with E-state index in [2.05, 4.69) is 15.4 Å². The van der Waals surface area contributed by atoms with Gasteiger partial charge in [0.2, 0.25) is 0 Å². The summed E-state index contributed by atoms with van der Waals surface area (Å²) in [4.78, 5) is 28.0. The summed E-state index contributed by atoms with van der Waals surface area (Å²) in [6.07, 6.45) is 0. The second-order valence-corrected chi connectivity index (χ2v) is 8.29. The van der Waals surface area contributed by atoms with Gasteiger partial charge in [-0.1, -0.05) is 41.9 Å². The monoisotopic (exact) mass is 498 g/mol. The van der Waals surface area contributed by atoms with E-state index in [1.807, 2.05) is 72.8 Å². The molecule has 1 amide bonds. The van der Waals surface area contributed by atoms with Crippen LogP contribution in [-0.2, 0) is 4.79 Å². The molecule has 8 nitrogen and oxygen atoms in total. The van der Waals surface area contributed by atoms with E-state index in [1.54, 1.807) is 16.6 Å². The van der Waals surface area contributed by atoms with Crippen LogP contribution >= 0.6 is 11.6 Å². The number of nitrogens with one attached hydrogen (secondary N) is 1. The van der Waals surface area contributed by atoms with Gasteiger partial charge in [-0.3, -0.25) is 9.59 Å². The van der Waals surface area contributed by atoms with Crippen LogP contribution in [0.4, 0.5) is 0 Å². The highest BCUT2D eigenvalue weighted by Crippen LogP contribution is 2.30. The number of amides is 1. The summed E-state index contributed by atoms with van der Waals surface area (Å²) >= 11 is 6.05. The predicted molar refractivity (Wildman–Crippen MR) is 135 cm³/mol. The first-order valence-corrected chi connectivity index (χ1v) is 11.3. The Morgan fingerprint density at radius 3 is 2.25 bits per heavy atom. The van der Waals surface area contributed by atoms with Crippen molar-refractivity contribution in [3.05, 3.63) is 102 Å². The lowest BCUT2D eigenvalue weighted by molar-refractivity contribution is -0.135. The summed E-state index contributed by atoms with van der Waals surface area (Å²) in [5.41, 5.74) is 3.50. The number of halogens is 1. The van der Waals surface area contributed by atoms with Crippen molar-refractivity contribution >= 4 is 29.1 Å². The number of para-hydroxylation sites is 1. The number of aromatic nitrogens is 3. The molecule has 0 spiro atoms. The highest BCUT2D eigenvalue weighted by atomic mass is 35.5. The van der Waals surface area contributed by atoms with Gasteiger partial charge in [-0.15, -0.1) is 0 Å². The minimum absolute atomic E-state index is 0.0577. The molecular weight excluding hydrogens is 480 g/mol. The molecule has 0 radical (unpaired) electrons. The van der Waals surface area contributed by atoms with Crippen molar-refractivity contribution in [2.75, 3.05) is 6.54 Å². The van der Waals surface area contributed by atoms with Gasteiger partial charge in [0, 0.05) is 22.2 Å². The lowest BCUT2D eigenvalue weighted by Crippen LogP contribution is -2.29. The fourth-order valence-corrected chi connectivity index (χ4v) is 3.75. The number of hydrogen-bond donors (Lipinski definition) is 2. The quantitative estimate of drug-likeness (QED) is 0.314. The Morgan fingerprint density at radius 1 is 0.889 bits per heavy atom. The Balaban J connectivity index is 1.56. The van der Waals surface area contributed by atoms with Crippen LogP contribution in [0, 0.1) is 0 Å². The fourth-order valence-electron chi connectivity index (χ4n) is 3.62. The van der Waals surface area contributed by atoms with Crippen molar-refractivity contribution in [1.29, 1.82) is 0 Å². The van der Waals surface area contributed by atoms with Crippen LogP contribution in [0.5, 0.6) is 11.5 Å². The molecule has 2 aromatic heterocycles. The van der Waals surface area contributed by atoms with E-state index in [-0.39, 0.29) is 5.69 Å². The zero-order valence-corrected chi connectivity index (χ0v) is 19.5. The Hall–Kier alpha value is -4.69. The van der Waals surface area contributed by atoms with Gasteiger partial charge in [0.15, 0.2) is 11.3 Å². The van der Waals surface area contributed by atoms with Gasteiger partial charge in [0.05, 0.1) is 11.4 Å². The molecule has 3 aromatic carbocycles. The third-order valence-electron chi connectivity index (χ3n) is 5.33. The molecule has 9 heteroatoms. The van der Waals surface area contributed by atoms with E-state index in [1.165, 1.54) is 6.07 Å². The van der Waals surface area contributed by atoms with Crippen LogP contribution in [0.25, 0.3) is 28.2 Å². The Kier molecular flexibility index (Phi) is 6.34. The van der Waals surface area contributed by atoms with Crippen molar-refractivity contribution in [1.82, 2.24) is 19.9 Å². The number of hydrogen-bond acceptors (Lipinski definition) is 5. The molecule has 36 heavy (non-hydrogen) atoms. The van der Waals surface area contributed by atoms with Crippen LogP contribution in [0.15, 0.2) is 91.0 Å². The summed E-state index contributed by atoms with van der Waals surface area (Å²) in [7, 11) is 0. The number of benzene rings is 3. The van der Waals surface area contributed by atoms with E-state index in [9.17, 15) is 9.59 Å². The first-order chi connectivity index (χ1) is 17.5. The molecule has 2 N–H and O–H groups in total. The van der Waals surface area contributed by atoms with Crippen LogP contribution in [0.1, 0.15) is 10.5 Å². The van der Waals surface area contributed by atoms with Gasteiger partial charge < -0.3 is 15.2 Å². The highest BCUT2D eigenvalue weighted by molar-refractivity contribution is 6.30. The first-order valence-electron chi connectivity index (χ1n) is 11.0. The van der Waals surface area contributed by atoms with E-state index < -0.39 is 18.4 Å². The molecular formula is C27H19ClN4O4. The zero-order chi connectivity index (χ0) is 25.1. The summed E-state index contributed by atoms with van der Waals surface area (Å²) in [6.45, 7) is -0.508. The maximum Gasteiger partial charge on any atom is 0.322 e. The number of carboxylic acid groups (broad SMARTS) is 1. The average molecular weight is 499 g/mol. The Bertz CT molecular complexity index is 1550. The molecule has 5 aromatic rings. The van der Waals surface area contributed by atoms with Gasteiger partial charge in [-0.05, 0) is 54.6 Å². The van der Waals surface area contributed by atoms with Gasteiger partial charge in [-0.25, -0.2) is 9.50 Å². The normalized spacial score (nSPS) is 10.8. The maximum absolute atomic E-state index is 12.5. The Labute approximate surface area is 210 Å². The number of rotatable bonds is 7. The minimum atomic E-state index is -1.14. The molecule has 5 rings (SSSR count). The lowest BCUT2D eigenvalue weighted by atomic mass is 10.1. The van der Waals surface area contributed by atoms with Crippen molar-refractivity contribution in [3.63, 3.8) is 0 Å². The topological polar surface area (TPSA) is 106 Å². The molecule has 0 saturated carbocycles. The predicted octanol–water partition coefficient (Wildman–Crippen LogP) is 5.32. The van der Waals surface area contributed by atoms with Crippen LogP contribution in [-0.4, -0.2) is 38.1 Å². The molecule has 0 aliphatic carbocycles. The van der Waals surface area contributed by atoms with Gasteiger partial charge >= 0.3 is 5.97 Å². The number of aliphatic carboxylic acids is 1. The third-order valence-corrected chi connectivity index (χ3v) is 5.58. The van der Waals surface area contributed by atoms with E-state index in [4.69, 9.17) is 21.4 Å². The summed E-state index contributed by atoms with van der Waals surface area (Å²) in [6, 6.07) is 27.6. The van der Waals surface area contributed by atoms with E-state index in [0.29, 0.717) is 27.8 Å². The van der Waals surface area contributed by atoms with Gasteiger partial charge in [0.25, 0.3) is 5.91 Å². The molecule has 0 saturated heterocycles. The van der Waals surface area contributed by atoms with Crippen LogP contribution in [0.2, 0.25) is 5.02 Å². The van der Waals surface area contributed by atoms with Crippen molar-refractivity contribution in [3.8, 4) is 34.0 Å². The number of nitrogens with zero attached hydrogens (tertiary/aromatic N) is 3. The molecule has 0 aliphatic rings. The SMILES string of the molecule is O=C(O)CNC(=O)c1cc2nc(-c3ccc(Cl)cc3)cc(-c3ccc(Oc4ccccc4)cc3)n2n1. The number of carboxylic acids is 1. The highest BCUT2D eigenvalue weighted by Gasteiger charge is 2.17. The number of carbonyl (C=O) groups excluding carboxylic acids is 1. The lowest BCUT2D eigenvalue weighted by Gasteiger charge is -2.10. The largest absolute Gasteiger partial charge is 0.480 e. The second kappa shape index (κ2) is 9.89. The summed E-state index contributed by atoms with van der Waals surface area (Å²) < 4.78 is 7.45. The number of carbonyl (C=O) groups is 2. The van der Waals surface area contributed by atoms with Crippen molar-refractivity contribution in [2.24, 2.45) is 0 Å². The summed E-state index contributed by atoms with van der Waals surface area (Å²) in [5, 5.41) is 16.2. The van der Waals surface area contributed by atoms with E-state index in [0.717, 1.165) is 16.9 Å². The number of ether oxygens (including phenoxy) is 1. The molecule has 0 fully saturated rings. The van der Waals surface area contributed by atoms with Crippen molar-refractivity contribution < 1.29 is 19.4 Å². The Morgan fingerprint density at radius 2 is 1.56 bits per heavy atom. The van der Waals surface area contributed by atoms with Gasteiger partial charge in [0.1, 0.15) is 18.0 Å². The molecule has 0 atom stereocenters. The van der Waals surface area contributed by atoms with Crippen molar-refractivity contribution in [2.45, 2.75) is 0 Å². The van der Waals surface area contributed by atoms with Gasteiger partial charge in [-0.2, -0.15) is 5.10 Å². The minimum Gasteiger partial charge on any atom is -0.480 e. The zero-order valence-electron chi connectivity index (χ0n) is 18.8. The second-order valence-electron chi connectivity index (χ2n) is 7.85. The molecule has 0 aliphatic heterocycles. The maximum atomic E-state index is 12.5. The fraction of sp³-hybridized carbons (Fsp3) is 0.0370.